The van der Waals surface area contributed by atoms with Gasteiger partial charge in [-0.25, -0.2) is 8.42 Å². The first kappa shape index (κ1) is 16.9. The molecule has 1 heterocycles. The molecule has 0 amide bonds. The molecular formula is C14H29NO3S. The van der Waals surface area contributed by atoms with E-state index in [4.69, 9.17) is 4.74 Å². The van der Waals surface area contributed by atoms with Crippen molar-refractivity contribution in [3.05, 3.63) is 0 Å². The Labute approximate surface area is 118 Å². The third kappa shape index (κ3) is 5.04. The summed E-state index contributed by atoms with van der Waals surface area (Å²) in [6.45, 7) is 10.2. The lowest BCUT2D eigenvalue weighted by Gasteiger charge is -2.26. The lowest BCUT2D eigenvalue weighted by Crippen LogP contribution is -2.44. The maximum atomic E-state index is 12.4. The molecule has 3 atom stereocenters. The molecule has 0 aromatic heterocycles. The van der Waals surface area contributed by atoms with Gasteiger partial charge in [0.05, 0.1) is 17.6 Å². The van der Waals surface area contributed by atoms with Crippen LogP contribution in [0.25, 0.3) is 0 Å². The van der Waals surface area contributed by atoms with E-state index in [9.17, 15) is 8.42 Å². The van der Waals surface area contributed by atoms with Crippen molar-refractivity contribution in [1.29, 1.82) is 0 Å². The lowest BCUT2D eigenvalue weighted by molar-refractivity contribution is 0.178. The zero-order valence-electron chi connectivity index (χ0n) is 12.7. The molecule has 0 aromatic rings. The number of sulfone groups is 1. The Bertz CT molecular complexity index is 348. The maximum absolute atomic E-state index is 12.4. The Balaban J connectivity index is 2.70. The second-order valence-corrected chi connectivity index (χ2v) is 8.37. The lowest BCUT2D eigenvalue weighted by atomic mass is 10.0. The molecule has 3 unspecified atom stereocenters. The fourth-order valence-electron chi connectivity index (χ4n) is 2.38. The molecular weight excluding hydrogens is 262 g/mol. The van der Waals surface area contributed by atoms with E-state index in [0.29, 0.717) is 12.5 Å². The fourth-order valence-corrected chi connectivity index (χ4v) is 4.40. The number of rotatable bonds is 8. The van der Waals surface area contributed by atoms with Crippen molar-refractivity contribution >= 4 is 9.84 Å². The van der Waals surface area contributed by atoms with Crippen molar-refractivity contribution in [2.24, 2.45) is 11.8 Å². The molecule has 19 heavy (non-hydrogen) atoms. The Hall–Kier alpha value is -0.130. The van der Waals surface area contributed by atoms with Crippen LogP contribution >= 0.6 is 0 Å². The van der Waals surface area contributed by atoms with E-state index in [2.05, 4.69) is 12.2 Å². The molecule has 1 fully saturated rings. The summed E-state index contributed by atoms with van der Waals surface area (Å²) in [4.78, 5) is 0. The van der Waals surface area contributed by atoms with Crippen LogP contribution in [0.1, 0.15) is 40.5 Å². The van der Waals surface area contributed by atoms with E-state index in [0.717, 1.165) is 26.0 Å². The van der Waals surface area contributed by atoms with Crippen molar-refractivity contribution in [1.82, 2.24) is 5.32 Å². The van der Waals surface area contributed by atoms with Crippen molar-refractivity contribution < 1.29 is 13.2 Å². The van der Waals surface area contributed by atoms with Crippen LogP contribution in [0.5, 0.6) is 0 Å². The van der Waals surface area contributed by atoms with Gasteiger partial charge in [-0.05, 0) is 32.2 Å². The van der Waals surface area contributed by atoms with Crippen LogP contribution in [0.3, 0.4) is 0 Å². The largest absolute Gasteiger partial charge is 0.381 e. The predicted molar refractivity (Wildman–Crippen MR) is 79.1 cm³/mol. The highest BCUT2D eigenvalue weighted by molar-refractivity contribution is 7.92. The van der Waals surface area contributed by atoms with Gasteiger partial charge in [0.25, 0.3) is 0 Å². The second-order valence-electron chi connectivity index (χ2n) is 5.96. The zero-order chi connectivity index (χ0) is 14.5. The van der Waals surface area contributed by atoms with Gasteiger partial charge >= 0.3 is 0 Å². The van der Waals surface area contributed by atoms with Gasteiger partial charge in [0.15, 0.2) is 9.84 Å². The van der Waals surface area contributed by atoms with E-state index in [1.165, 1.54) is 0 Å². The normalized spacial score (nSPS) is 23.7. The molecule has 5 heteroatoms. The Morgan fingerprint density at radius 2 is 2.00 bits per heavy atom. The molecule has 0 bridgehead atoms. The fraction of sp³-hybridized carbons (Fsp3) is 1.00. The van der Waals surface area contributed by atoms with E-state index < -0.39 is 9.84 Å². The van der Waals surface area contributed by atoms with Gasteiger partial charge < -0.3 is 10.1 Å². The first-order valence-corrected chi connectivity index (χ1v) is 9.12. The summed E-state index contributed by atoms with van der Waals surface area (Å²) < 4.78 is 30.2. The molecule has 0 aromatic carbocycles. The molecule has 4 nitrogen and oxygen atoms in total. The molecule has 1 aliphatic rings. The number of ether oxygens (including phenoxy) is 1. The summed E-state index contributed by atoms with van der Waals surface area (Å²) in [7, 11) is -3.04. The van der Waals surface area contributed by atoms with Crippen molar-refractivity contribution in [3.63, 3.8) is 0 Å². The Morgan fingerprint density at radius 1 is 1.32 bits per heavy atom. The van der Waals surface area contributed by atoms with Crippen molar-refractivity contribution in [3.8, 4) is 0 Å². The number of hydrogen-bond acceptors (Lipinski definition) is 4. The van der Waals surface area contributed by atoms with Crippen molar-refractivity contribution in [2.75, 3.05) is 25.5 Å². The summed E-state index contributed by atoms with van der Waals surface area (Å²) >= 11 is 0. The van der Waals surface area contributed by atoms with Crippen LogP contribution in [0.2, 0.25) is 0 Å². The first-order valence-electron chi connectivity index (χ1n) is 7.41. The number of hydrogen-bond donors (Lipinski definition) is 1. The van der Waals surface area contributed by atoms with Crippen LogP contribution in [-0.2, 0) is 14.6 Å². The SMILES string of the molecule is CCCNC(CS(=O)(=O)C(C)C(C)C)C1CCOC1. The van der Waals surface area contributed by atoms with Gasteiger partial charge in [-0.15, -0.1) is 0 Å². The van der Waals surface area contributed by atoms with Crippen LogP contribution in [-0.4, -0.2) is 45.2 Å². The van der Waals surface area contributed by atoms with Crippen LogP contribution in [0, 0.1) is 11.8 Å². The van der Waals surface area contributed by atoms with Gasteiger partial charge in [-0.1, -0.05) is 20.8 Å². The standard InChI is InChI=1S/C14H29NO3S/c1-5-7-15-14(13-6-8-18-9-13)10-19(16,17)12(4)11(2)3/h11-15H,5-10H2,1-4H3. The molecule has 1 aliphatic heterocycles. The summed E-state index contributed by atoms with van der Waals surface area (Å²) in [6, 6.07) is 0.0358. The second kappa shape index (κ2) is 7.60. The van der Waals surface area contributed by atoms with E-state index in [-0.39, 0.29) is 23.0 Å². The third-order valence-corrected chi connectivity index (χ3v) is 6.61. The highest BCUT2D eigenvalue weighted by Gasteiger charge is 2.32. The van der Waals surface area contributed by atoms with E-state index in [1.807, 2.05) is 20.8 Å². The molecule has 0 saturated carbocycles. The minimum atomic E-state index is -3.04. The molecule has 1 saturated heterocycles. The van der Waals surface area contributed by atoms with Gasteiger partial charge in [0.1, 0.15) is 0 Å². The van der Waals surface area contributed by atoms with Gasteiger partial charge in [-0.2, -0.15) is 0 Å². The minimum Gasteiger partial charge on any atom is -0.381 e. The van der Waals surface area contributed by atoms with Crippen LogP contribution in [0.15, 0.2) is 0 Å². The van der Waals surface area contributed by atoms with Gasteiger partial charge in [0.2, 0.25) is 0 Å². The molecule has 1 N–H and O–H groups in total. The number of nitrogens with one attached hydrogen (secondary N) is 1. The summed E-state index contributed by atoms with van der Waals surface area (Å²) in [5.41, 5.74) is 0. The molecule has 1 rings (SSSR count). The van der Waals surface area contributed by atoms with Crippen molar-refractivity contribution in [2.45, 2.75) is 51.8 Å². The topological polar surface area (TPSA) is 55.4 Å². The highest BCUT2D eigenvalue weighted by atomic mass is 32.2. The average Bonchev–Trinajstić information content (AvgIpc) is 2.86. The summed E-state index contributed by atoms with van der Waals surface area (Å²) in [6.07, 6.45) is 1.98. The van der Waals surface area contributed by atoms with Gasteiger partial charge in [0, 0.05) is 18.6 Å². The Kier molecular flexibility index (Phi) is 6.77. The monoisotopic (exact) mass is 291 g/mol. The first-order chi connectivity index (χ1) is 8.88. The molecule has 0 aliphatic carbocycles. The van der Waals surface area contributed by atoms with Gasteiger partial charge in [-0.3, -0.25) is 0 Å². The minimum absolute atomic E-state index is 0.0358. The predicted octanol–water partition coefficient (Wildman–Crippen LogP) is 1.85. The Morgan fingerprint density at radius 3 is 2.47 bits per heavy atom. The average molecular weight is 291 g/mol. The maximum Gasteiger partial charge on any atom is 0.154 e. The summed E-state index contributed by atoms with van der Waals surface area (Å²) in [5, 5.41) is 3.13. The third-order valence-electron chi connectivity index (χ3n) is 4.11. The van der Waals surface area contributed by atoms with E-state index >= 15 is 0 Å². The highest BCUT2D eigenvalue weighted by Crippen LogP contribution is 2.21. The van der Waals surface area contributed by atoms with Crippen LogP contribution < -0.4 is 5.32 Å². The van der Waals surface area contributed by atoms with E-state index in [1.54, 1.807) is 0 Å². The molecule has 0 radical (unpaired) electrons. The summed E-state index contributed by atoms with van der Waals surface area (Å²) in [5.74, 6) is 0.734. The quantitative estimate of drug-likeness (QED) is 0.741. The smallest absolute Gasteiger partial charge is 0.154 e. The van der Waals surface area contributed by atoms with Crippen LogP contribution in [0.4, 0.5) is 0 Å². The molecule has 0 spiro atoms. The zero-order valence-corrected chi connectivity index (χ0v) is 13.5. The molecule has 114 valence electrons.